The van der Waals surface area contributed by atoms with Crippen LogP contribution in [0.4, 0.5) is 0 Å². The minimum Gasteiger partial charge on any atom is -0.356 e. The van der Waals surface area contributed by atoms with Gasteiger partial charge in [-0.25, -0.2) is 0 Å². The van der Waals surface area contributed by atoms with Crippen LogP contribution >= 0.6 is 15.9 Å². The van der Waals surface area contributed by atoms with E-state index >= 15 is 0 Å². The number of hydrogen-bond acceptors (Lipinski definition) is 1. The van der Waals surface area contributed by atoms with E-state index < -0.39 is 0 Å². The highest BCUT2D eigenvalue weighted by Gasteiger charge is 2.25. The highest BCUT2D eigenvalue weighted by Crippen LogP contribution is 2.27. The van der Waals surface area contributed by atoms with Crippen molar-refractivity contribution in [3.05, 3.63) is 35.4 Å². The number of halogens is 1. The van der Waals surface area contributed by atoms with E-state index in [0.717, 1.165) is 31.1 Å². The SMILES string of the molecule is CCC(CC)(CBr)CNC(=O)CCc1ccccc1C. The molecule has 0 fully saturated rings. The van der Waals surface area contributed by atoms with Crippen LogP contribution in [0.25, 0.3) is 0 Å². The van der Waals surface area contributed by atoms with Gasteiger partial charge in [0, 0.05) is 18.3 Å². The van der Waals surface area contributed by atoms with E-state index in [9.17, 15) is 4.79 Å². The van der Waals surface area contributed by atoms with E-state index in [1.54, 1.807) is 0 Å². The summed E-state index contributed by atoms with van der Waals surface area (Å²) in [4.78, 5) is 12.0. The Balaban J connectivity index is 2.43. The number of benzene rings is 1. The van der Waals surface area contributed by atoms with Crippen molar-refractivity contribution in [2.45, 2.75) is 46.5 Å². The van der Waals surface area contributed by atoms with E-state index in [0.29, 0.717) is 6.42 Å². The van der Waals surface area contributed by atoms with Crippen LogP contribution in [0.5, 0.6) is 0 Å². The van der Waals surface area contributed by atoms with E-state index in [1.165, 1.54) is 11.1 Å². The summed E-state index contributed by atoms with van der Waals surface area (Å²) in [5.74, 6) is 0.153. The van der Waals surface area contributed by atoms with Gasteiger partial charge in [-0.2, -0.15) is 0 Å². The molecule has 0 aliphatic carbocycles. The Labute approximate surface area is 131 Å². The number of amides is 1. The Morgan fingerprint density at radius 2 is 1.90 bits per heavy atom. The van der Waals surface area contributed by atoms with Crippen molar-refractivity contribution in [1.82, 2.24) is 5.32 Å². The minimum absolute atomic E-state index is 0.153. The van der Waals surface area contributed by atoms with Crippen molar-refractivity contribution in [3.8, 4) is 0 Å². The fourth-order valence-electron chi connectivity index (χ4n) is 2.25. The zero-order chi connectivity index (χ0) is 15.0. The Morgan fingerprint density at radius 3 is 2.45 bits per heavy atom. The van der Waals surface area contributed by atoms with E-state index in [-0.39, 0.29) is 11.3 Å². The van der Waals surface area contributed by atoms with E-state index in [4.69, 9.17) is 0 Å². The molecule has 112 valence electrons. The maximum absolute atomic E-state index is 12.0. The van der Waals surface area contributed by atoms with Gasteiger partial charge in [0.05, 0.1) is 0 Å². The van der Waals surface area contributed by atoms with Gasteiger partial charge in [0.2, 0.25) is 5.91 Å². The standard InChI is InChI=1S/C17H26BrNO/c1-4-17(5-2,12-18)13-19-16(20)11-10-15-9-7-6-8-14(15)3/h6-9H,4-5,10-13H2,1-3H3,(H,19,20). The minimum atomic E-state index is 0.153. The van der Waals surface area contributed by atoms with Crippen LogP contribution in [-0.4, -0.2) is 17.8 Å². The highest BCUT2D eigenvalue weighted by molar-refractivity contribution is 9.09. The molecule has 3 heteroatoms. The predicted molar refractivity (Wildman–Crippen MR) is 89.3 cm³/mol. The number of carbonyl (C=O) groups is 1. The van der Waals surface area contributed by atoms with Gasteiger partial charge in [-0.3, -0.25) is 4.79 Å². The lowest BCUT2D eigenvalue weighted by molar-refractivity contribution is -0.121. The highest BCUT2D eigenvalue weighted by atomic mass is 79.9. The Kier molecular flexibility index (Phi) is 7.28. The summed E-state index contributed by atoms with van der Waals surface area (Å²) >= 11 is 3.58. The third-order valence-electron chi connectivity index (χ3n) is 4.33. The van der Waals surface area contributed by atoms with Crippen molar-refractivity contribution in [2.75, 3.05) is 11.9 Å². The smallest absolute Gasteiger partial charge is 0.220 e. The van der Waals surface area contributed by atoms with E-state index in [1.807, 2.05) is 12.1 Å². The largest absolute Gasteiger partial charge is 0.356 e. The Bertz CT molecular complexity index is 418. The second-order valence-electron chi connectivity index (χ2n) is 5.54. The molecular weight excluding hydrogens is 314 g/mol. The van der Waals surface area contributed by atoms with Crippen LogP contribution < -0.4 is 5.32 Å². The van der Waals surface area contributed by atoms with Crippen molar-refractivity contribution in [3.63, 3.8) is 0 Å². The molecule has 1 aromatic carbocycles. The molecule has 0 saturated carbocycles. The summed E-state index contributed by atoms with van der Waals surface area (Å²) < 4.78 is 0. The number of carbonyl (C=O) groups excluding carboxylic acids is 1. The molecule has 0 aliphatic heterocycles. The van der Waals surface area contributed by atoms with Gasteiger partial charge in [0.25, 0.3) is 0 Å². The first-order chi connectivity index (χ1) is 9.56. The molecule has 0 heterocycles. The number of rotatable bonds is 8. The molecule has 2 nitrogen and oxygen atoms in total. The number of alkyl halides is 1. The molecule has 0 atom stereocenters. The molecule has 0 radical (unpaired) electrons. The second-order valence-corrected chi connectivity index (χ2v) is 6.10. The summed E-state index contributed by atoms with van der Waals surface area (Å²) in [6.45, 7) is 7.23. The van der Waals surface area contributed by atoms with Crippen molar-refractivity contribution in [1.29, 1.82) is 0 Å². The van der Waals surface area contributed by atoms with Gasteiger partial charge in [-0.15, -0.1) is 0 Å². The monoisotopic (exact) mass is 339 g/mol. The maximum atomic E-state index is 12.0. The molecule has 1 N–H and O–H groups in total. The van der Waals surface area contributed by atoms with Crippen molar-refractivity contribution >= 4 is 21.8 Å². The molecule has 0 bridgehead atoms. The van der Waals surface area contributed by atoms with Gasteiger partial charge in [-0.1, -0.05) is 54.0 Å². The molecule has 0 saturated heterocycles. The Morgan fingerprint density at radius 1 is 1.25 bits per heavy atom. The lowest BCUT2D eigenvalue weighted by Gasteiger charge is -2.29. The summed E-state index contributed by atoms with van der Waals surface area (Å²) in [5, 5.41) is 4.03. The molecule has 1 amide bonds. The molecule has 1 aromatic rings. The van der Waals surface area contributed by atoms with Gasteiger partial charge in [0.15, 0.2) is 0 Å². The van der Waals surface area contributed by atoms with Gasteiger partial charge >= 0.3 is 0 Å². The van der Waals surface area contributed by atoms with E-state index in [2.05, 4.69) is 54.2 Å². The molecule has 1 rings (SSSR count). The number of hydrogen-bond donors (Lipinski definition) is 1. The maximum Gasteiger partial charge on any atom is 0.220 e. The lowest BCUT2D eigenvalue weighted by Crippen LogP contribution is -2.38. The zero-order valence-corrected chi connectivity index (χ0v) is 14.4. The molecular formula is C17H26BrNO. The quantitative estimate of drug-likeness (QED) is 0.705. The fourth-order valence-corrected chi connectivity index (χ4v) is 3.24. The van der Waals surface area contributed by atoms with Crippen molar-refractivity contribution in [2.24, 2.45) is 5.41 Å². The topological polar surface area (TPSA) is 29.1 Å². The fraction of sp³-hybridized carbons (Fsp3) is 0.588. The zero-order valence-electron chi connectivity index (χ0n) is 12.8. The summed E-state index contributed by atoms with van der Waals surface area (Å²) in [7, 11) is 0. The molecule has 20 heavy (non-hydrogen) atoms. The molecule has 0 spiro atoms. The third-order valence-corrected chi connectivity index (χ3v) is 5.52. The first kappa shape index (κ1) is 17.2. The summed E-state index contributed by atoms with van der Waals surface area (Å²) in [5.41, 5.74) is 2.72. The molecule has 0 aromatic heterocycles. The molecule has 0 aliphatic rings. The average molecular weight is 340 g/mol. The first-order valence-corrected chi connectivity index (χ1v) is 8.56. The van der Waals surface area contributed by atoms with Gasteiger partial charge < -0.3 is 5.32 Å². The Hall–Kier alpha value is -0.830. The lowest BCUT2D eigenvalue weighted by atomic mass is 9.84. The molecule has 0 unspecified atom stereocenters. The van der Waals surface area contributed by atoms with Crippen LogP contribution in [0.2, 0.25) is 0 Å². The summed E-state index contributed by atoms with van der Waals surface area (Å²) in [6, 6.07) is 8.26. The van der Waals surface area contributed by atoms with Crippen LogP contribution in [0, 0.1) is 12.3 Å². The number of aryl methyl sites for hydroxylation is 2. The van der Waals surface area contributed by atoms with Crippen molar-refractivity contribution < 1.29 is 4.79 Å². The normalized spacial score (nSPS) is 11.4. The average Bonchev–Trinajstić information content (AvgIpc) is 2.48. The van der Waals surface area contributed by atoms with Gasteiger partial charge in [-0.05, 0) is 42.7 Å². The second kappa shape index (κ2) is 8.46. The van der Waals surface area contributed by atoms with Crippen LogP contribution in [0.1, 0.15) is 44.2 Å². The number of nitrogens with one attached hydrogen (secondary N) is 1. The summed E-state index contributed by atoms with van der Waals surface area (Å²) in [6.07, 6.45) is 3.54. The van der Waals surface area contributed by atoms with Crippen LogP contribution in [-0.2, 0) is 11.2 Å². The third kappa shape index (κ3) is 4.93. The van der Waals surface area contributed by atoms with Gasteiger partial charge in [0.1, 0.15) is 0 Å². The van der Waals surface area contributed by atoms with Crippen LogP contribution in [0.3, 0.4) is 0 Å². The van der Waals surface area contributed by atoms with Crippen LogP contribution in [0.15, 0.2) is 24.3 Å². The predicted octanol–water partition coefficient (Wildman–Crippen LogP) is 4.25. The first-order valence-electron chi connectivity index (χ1n) is 7.44.